The van der Waals surface area contributed by atoms with Gasteiger partial charge in [-0.25, -0.2) is 0 Å². The number of likely N-dealkylation sites (N-methyl/N-ethyl adjacent to an activating group) is 1. The van der Waals surface area contributed by atoms with E-state index in [9.17, 15) is 0 Å². The Kier molecular flexibility index (Phi) is 4.12. The fraction of sp³-hybridized carbons (Fsp3) is 0.667. The molecule has 0 aromatic heterocycles. The number of nitrogens with zero attached hydrogens (tertiary/aromatic N) is 2. The van der Waals surface area contributed by atoms with Crippen LogP contribution in [0.1, 0.15) is 33.1 Å². The minimum atomic E-state index is 0.353. The molecule has 0 spiro atoms. The first-order chi connectivity index (χ1) is 10.1. The van der Waals surface area contributed by atoms with Crippen LogP contribution in [0.3, 0.4) is 0 Å². The molecule has 0 amide bonds. The third kappa shape index (κ3) is 3.34. The van der Waals surface area contributed by atoms with Crippen molar-refractivity contribution in [2.75, 3.05) is 43.0 Å². The van der Waals surface area contributed by atoms with Crippen molar-refractivity contribution < 1.29 is 0 Å². The fourth-order valence-corrected chi connectivity index (χ4v) is 3.16. The van der Waals surface area contributed by atoms with Crippen molar-refractivity contribution in [3.8, 4) is 0 Å². The maximum Gasteiger partial charge on any atom is 0.0604 e. The standard InChI is InChI=1S/C18H29N3/c1-4-18(2,13-19-15-9-10-15)14-21-12-11-20(3)16-7-5-6-8-17(16)21/h5-8,15,19H,4,9-14H2,1-3H3. The Bertz CT molecular complexity index is 483. The molecule has 1 aromatic carbocycles. The molecule has 1 atom stereocenters. The summed E-state index contributed by atoms with van der Waals surface area (Å²) in [5, 5.41) is 3.73. The summed E-state index contributed by atoms with van der Waals surface area (Å²) in [5.41, 5.74) is 3.13. The van der Waals surface area contributed by atoms with E-state index in [0.717, 1.165) is 32.2 Å². The van der Waals surface area contributed by atoms with Gasteiger partial charge in [0.15, 0.2) is 0 Å². The highest BCUT2D eigenvalue weighted by atomic mass is 15.3. The molecule has 3 rings (SSSR count). The number of anilines is 2. The van der Waals surface area contributed by atoms with Gasteiger partial charge in [-0.3, -0.25) is 0 Å². The van der Waals surface area contributed by atoms with Crippen molar-refractivity contribution in [2.45, 2.75) is 39.2 Å². The summed E-state index contributed by atoms with van der Waals surface area (Å²) in [6.07, 6.45) is 3.97. The molecule has 1 aromatic rings. The largest absolute Gasteiger partial charge is 0.371 e. The average Bonchev–Trinajstić information content (AvgIpc) is 3.33. The number of hydrogen-bond acceptors (Lipinski definition) is 3. The monoisotopic (exact) mass is 287 g/mol. The Morgan fingerprint density at radius 2 is 1.90 bits per heavy atom. The third-order valence-electron chi connectivity index (χ3n) is 5.16. The van der Waals surface area contributed by atoms with E-state index in [2.05, 4.69) is 60.3 Å². The molecule has 116 valence electrons. The summed E-state index contributed by atoms with van der Waals surface area (Å²) in [6.45, 7) is 9.30. The number of fused-ring (bicyclic) bond motifs is 1. The first kappa shape index (κ1) is 14.7. The molecule has 1 saturated carbocycles. The van der Waals surface area contributed by atoms with Gasteiger partial charge in [0.25, 0.3) is 0 Å². The molecule has 21 heavy (non-hydrogen) atoms. The second-order valence-electron chi connectivity index (χ2n) is 7.15. The van der Waals surface area contributed by atoms with E-state index in [1.54, 1.807) is 0 Å². The van der Waals surface area contributed by atoms with Crippen LogP contribution in [-0.4, -0.2) is 39.3 Å². The molecule has 1 N–H and O–H groups in total. The lowest BCUT2D eigenvalue weighted by Crippen LogP contribution is -2.47. The molecule has 0 saturated heterocycles. The fourth-order valence-electron chi connectivity index (χ4n) is 3.16. The normalized spacial score (nSPS) is 21.1. The molecule has 1 fully saturated rings. The number of para-hydroxylation sites is 2. The SMILES string of the molecule is CCC(C)(CNC1CC1)CN1CCN(C)c2ccccc21. The van der Waals surface area contributed by atoms with Crippen LogP contribution < -0.4 is 15.1 Å². The summed E-state index contributed by atoms with van der Waals surface area (Å²) >= 11 is 0. The zero-order chi connectivity index (χ0) is 14.9. The summed E-state index contributed by atoms with van der Waals surface area (Å²) in [6, 6.07) is 9.63. The molecule has 3 nitrogen and oxygen atoms in total. The van der Waals surface area contributed by atoms with Gasteiger partial charge in [0.05, 0.1) is 11.4 Å². The van der Waals surface area contributed by atoms with Crippen LogP contribution in [0.5, 0.6) is 0 Å². The molecular formula is C18H29N3. The smallest absolute Gasteiger partial charge is 0.0604 e. The second kappa shape index (κ2) is 5.88. The van der Waals surface area contributed by atoms with E-state index in [1.807, 2.05) is 0 Å². The van der Waals surface area contributed by atoms with E-state index in [4.69, 9.17) is 0 Å². The lowest BCUT2D eigenvalue weighted by Gasteiger charge is -2.42. The van der Waals surface area contributed by atoms with Gasteiger partial charge in [0.1, 0.15) is 0 Å². The molecule has 1 aliphatic heterocycles. The highest BCUT2D eigenvalue weighted by Crippen LogP contribution is 2.35. The lowest BCUT2D eigenvalue weighted by molar-refractivity contribution is 0.293. The van der Waals surface area contributed by atoms with Crippen molar-refractivity contribution >= 4 is 11.4 Å². The summed E-state index contributed by atoms with van der Waals surface area (Å²) in [5.74, 6) is 0. The minimum absolute atomic E-state index is 0.353. The van der Waals surface area contributed by atoms with Crippen LogP contribution in [0.25, 0.3) is 0 Å². The first-order valence-electron chi connectivity index (χ1n) is 8.40. The van der Waals surface area contributed by atoms with Gasteiger partial charge in [-0.2, -0.15) is 0 Å². The maximum atomic E-state index is 3.73. The van der Waals surface area contributed by atoms with Gasteiger partial charge in [0.2, 0.25) is 0 Å². The minimum Gasteiger partial charge on any atom is -0.371 e. The Hall–Kier alpha value is -1.22. The molecule has 1 aliphatic carbocycles. The zero-order valence-corrected chi connectivity index (χ0v) is 13.7. The maximum absolute atomic E-state index is 3.73. The average molecular weight is 287 g/mol. The third-order valence-corrected chi connectivity index (χ3v) is 5.16. The van der Waals surface area contributed by atoms with Crippen LogP contribution in [0.15, 0.2) is 24.3 Å². The van der Waals surface area contributed by atoms with E-state index >= 15 is 0 Å². The van der Waals surface area contributed by atoms with Gasteiger partial charge >= 0.3 is 0 Å². The molecule has 1 unspecified atom stereocenters. The topological polar surface area (TPSA) is 18.5 Å². The van der Waals surface area contributed by atoms with Crippen molar-refractivity contribution in [1.82, 2.24) is 5.32 Å². The van der Waals surface area contributed by atoms with E-state index in [-0.39, 0.29) is 0 Å². The van der Waals surface area contributed by atoms with Gasteiger partial charge in [-0.1, -0.05) is 26.0 Å². The molecular weight excluding hydrogens is 258 g/mol. The molecule has 0 radical (unpaired) electrons. The second-order valence-corrected chi connectivity index (χ2v) is 7.15. The lowest BCUT2D eigenvalue weighted by atomic mass is 9.86. The summed E-state index contributed by atoms with van der Waals surface area (Å²) in [4.78, 5) is 4.96. The Balaban J connectivity index is 1.72. The Morgan fingerprint density at radius 1 is 1.19 bits per heavy atom. The number of nitrogens with one attached hydrogen (secondary N) is 1. The van der Waals surface area contributed by atoms with Crippen molar-refractivity contribution in [2.24, 2.45) is 5.41 Å². The van der Waals surface area contributed by atoms with Crippen LogP contribution in [0.4, 0.5) is 11.4 Å². The van der Waals surface area contributed by atoms with Crippen LogP contribution in [0.2, 0.25) is 0 Å². The molecule has 2 aliphatic rings. The van der Waals surface area contributed by atoms with E-state index < -0.39 is 0 Å². The van der Waals surface area contributed by atoms with Gasteiger partial charge < -0.3 is 15.1 Å². The predicted molar refractivity (Wildman–Crippen MR) is 91.3 cm³/mol. The van der Waals surface area contributed by atoms with Gasteiger partial charge in [-0.05, 0) is 36.8 Å². The molecule has 3 heteroatoms. The number of rotatable bonds is 6. The van der Waals surface area contributed by atoms with Crippen LogP contribution in [0, 0.1) is 5.41 Å². The molecule has 0 bridgehead atoms. The first-order valence-corrected chi connectivity index (χ1v) is 8.40. The van der Waals surface area contributed by atoms with E-state index in [1.165, 1.54) is 30.6 Å². The quantitative estimate of drug-likeness (QED) is 0.867. The number of benzene rings is 1. The summed E-state index contributed by atoms with van der Waals surface area (Å²) < 4.78 is 0. The highest BCUT2D eigenvalue weighted by molar-refractivity contribution is 5.73. The van der Waals surface area contributed by atoms with Crippen molar-refractivity contribution in [1.29, 1.82) is 0 Å². The number of hydrogen-bond donors (Lipinski definition) is 1. The molecule has 1 heterocycles. The van der Waals surface area contributed by atoms with Crippen LogP contribution in [-0.2, 0) is 0 Å². The van der Waals surface area contributed by atoms with Gasteiger partial charge in [0, 0.05) is 39.3 Å². The van der Waals surface area contributed by atoms with E-state index in [0.29, 0.717) is 5.41 Å². The highest BCUT2D eigenvalue weighted by Gasteiger charge is 2.31. The zero-order valence-electron chi connectivity index (χ0n) is 13.7. The summed E-state index contributed by atoms with van der Waals surface area (Å²) in [7, 11) is 2.20. The Morgan fingerprint density at radius 3 is 2.57 bits per heavy atom. The predicted octanol–water partition coefficient (Wildman–Crippen LogP) is 3.11. The van der Waals surface area contributed by atoms with Crippen molar-refractivity contribution in [3.05, 3.63) is 24.3 Å². The van der Waals surface area contributed by atoms with Gasteiger partial charge in [-0.15, -0.1) is 0 Å². The Labute approximate surface area is 129 Å². The van der Waals surface area contributed by atoms with Crippen LogP contribution >= 0.6 is 0 Å². The van der Waals surface area contributed by atoms with Crippen molar-refractivity contribution in [3.63, 3.8) is 0 Å².